The van der Waals surface area contributed by atoms with Crippen LogP contribution in [0.1, 0.15) is 28.5 Å². The molecular weight excluding hydrogens is 284 g/mol. The molecule has 2 aromatic rings. The number of hydrogen-bond donors (Lipinski definition) is 2. The monoisotopic (exact) mass is 304 g/mol. The molecule has 1 aromatic heterocycles. The topological polar surface area (TPSA) is 62.2 Å². The molecule has 0 fully saturated rings. The van der Waals surface area contributed by atoms with Crippen LogP contribution in [0.4, 0.5) is 0 Å². The lowest BCUT2D eigenvalue weighted by Crippen LogP contribution is -2.29. The van der Waals surface area contributed by atoms with E-state index in [9.17, 15) is 4.79 Å². The summed E-state index contributed by atoms with van der Waals surface area (Å²) in [4.78, 5) is 16.4. The molecule has 5 heteroatoms. The second-order valence-corrected chi connectivity index (χ2v) is 6.21. The highest BCUT2D eigenvalue weighted by atomic mass is 32.1. The smallest absolute Gasteiger partial charge is 0.270 e. The number of nitrogens with zero attached hydrogens (tertiary/aromatic N) is 1. The quantitative estimate of drug-likeness (QED) is 0.893. The molecule has 0 spiro atoms. The van der Waals surface area contributed by atoms with Crippen LogP contribution in [0, 0.1) is 19.8 Å². The summed E-state index contributed by atoms with van der Waals surface area (Å²) >= 11 is 1.47. The van der Waals surface area contributed by atoms with Gasteiger partial charge in [0.25, 0.3) is 5.91 Å². The molecule has 1 atom stereocenters. The second-order valence-electron chi connectivity index (χ2n) is 5.35. The molecule has 0 saturated carbocycles. The highest BCUT2D eigenvalue weighted by Crippen LogP contribution is 2.27. The Hall–Kier alpha value is -1.72. The van der Waals surface area contributed by atoms with E-state index in [2.05, 4.69) is 23.3 Å². The summed E-state index contributed by atoms with van der Waals surface area (Å²) in [6.07, 6.45) is 0. The maximum Gasteiger partial charge on any atom is 0.270 e. The zero-order valence-electron chi connectivity index (χ0n) is 12.5. The third-order valence-corrected chi connectivity index (χ3v) is 4.15. The van der Waals surface area contributed by atoms with E-state index < -0.39 is 0 Å². The number of hydrogen-bond acceptors (Lipinski definition) is 4. The highest BCUT2D eigenvalue weighted by molar-refractivity contribution is 7.13. The van der Waals surface area contributed by atoms with Crippen molar-refractivity contribution in [1.82, 2.24) is 10.3 Å². The lowest BCUT2D eigenvalue weighted by Gasteiger charge is -2.08. The van der Waals surface area contributed by atoms with Gasteiger partial charge in [-0.25, -0.2) is 4.98 Å². The molecule has 4 nitrogen and oxygen atoms in total. The van der Waals surface area contributed by atoms with Crippen LogP contribution in [0.5, 0.6) is 0 Å². The Labute approximate surface area is 128 Å². The van der Waals surface area contributed by atoms with Crippen molar-refractivity contribution in [2.75, 3.05) is 13.2 Å². The first-order chi connectivity index (χ1) is 10.0. The lowest BCUT2D eigenvalue weighted by atomic mass is 10.1. The molecule has 112 valence electrons. The molecule has 0 radical (unpaired) electrons. The van der Waals surface area contributed by atoms with Crippen LogP contribution < -0.4 is 5.32 Å². The van der Waals surface area contributed by atoms with Crippen molar-refractivity contribution in [3.05, 3.63) is 40.4 Å². The predicted octanol–water partition coefficient (Wildman–Crippen LogP) is 2.79. The lowest BCUT2D eigenvalue weighted by molar-refractivity contribution is 0.0938. The molecule has 2 N–H and O–H groups in total. The van der Waals surface area contributed by atoms with E-state index in [0.29, 0.717) is 12.2 Å². The Kier molecular flexibility index (Phi) is 5.09. The van der Waals surface area contributed by atoms with Gasteiger partial charge in [0.05, 0.1) is 0 Å². The van der Waals surface area contributed by atoms with Gasteiger partial charge in [0, 0.05) is 24.1 Å². The highest BCUT2D eigenvalue weighted by Gasteiger charge is 2.13. The third kappa shape index (κ3) is 3.89. The molecule has 21 heavy (non-hydrogen) atoms. The van der Waals surface area contributed by atoms with Crippen LogP contribution >= 0.6 is 11.3 Å². The largest absolute Gasteiger partial charge is 0.396 e. The summed E-state index contributed by atoms with van der Waals surface area (Å²) < 4.78 is 0. The van der Waals surface area contributed by atoms with Gasteiger partial charge >= 0.3 is 0 Å². The van der Waals surface area contributed by atoms with Crippen molar-refractivity contribution >= 4 is 17.2 Å². The zero-order valence-corrected chi connectivity index (χ0v) is 13.3. The van der Waals surface area contributed by atoms with Crippen molar-refractivity contribution in [3.63, 3.8) is 0 Å². The Morgan fingerprint density at radius 2 is 2.19 bits per heavy atom. The van der Waals surface area contributed by atoms with E-state index in [4.69, 9.17) is 5.11 Å². The molecule has 2 rings (SSSR count). The van der Waals surface area contributed by atoms with Crippen LogP contribution in [0.15, 0.2) is 23.6 Å². The Balaban J connectivity index is 2.12. The standard InChI is InChI=1S/C16H20N2O2S/c1-10-4-5-13(12(3)6-10)16-18-14(9-21-16)15(20)17-7-11(2)8-19/h4-6,9,11,19H,7-8H2,1-3H3,(H,17,20). The number of nitrogens with one attached hydrogen (secondary N) is 1. The SMILES string of the molecule is Cc1ccc(-c2nc(C(=O)NCC(C)CO)cs2)c(C)c1. The fraction of sp³-hybridized carbons (Fsp3) is 0.375. The Morgan fingerprint density at radius 3 is 2.86 bits per heavy atom. The number of amides is 1. The minimum Gasteiger partial charge on any atom is -0.396 e. The van der Waals surface area contributed by atoms with Crippen LogP contribution in [-0.4, -0.2) is 29.1 Å². The van der Waals surface area contributed by atoms with Crippen molar-refractivity contribution in [2.24, 2.45) is 5.92 Å². The first-order valence-electron chi connectivity index (χ1n) is 6.93. The molecule has 0 aliphatic heterocycles. The number of rotatable bonds is 5. The number of carbonyl (C=O) groups excluding carboxylic acids is 1. The van der Waals surface area contributed by atoms with Gasteiger partial charge in [-0.1, -0.05) is 30.7 Å². The number of carbonyl (C=O) groups is 1. The molecule has 0 aliphatic rings. The van der Waals surface area contributed by atoms with E-state index in [1.165, 1.54) is 16.9 Å². The molecule has 1 amide bonds. The molecular formula is C16H20N2O2S. The van der Waals surface area contributed by atoms with Crippen LogP contribution in [0.2, 0.25) is 0 Å². The van der Waals surface area contributed by atoms with Gasteiger partial charge in [0.1, 0.15) is 10.7 Å². The third-order valence-electron chi connectivity index (χ3n) is 3.27. The first-order valence-corrected chi connectivity index (χ1v) is 7.81. The molecule has 1 unspecified atom stereocenters. The molecule has 0 saturated heterocycles. The van der Waals surface area contributed by atoms with Crippen molar-refractivity contribution in [2.45, 2.75) is 20.8 Å². The molecule has 1 aromatic carbocycles. The minimum atomic E-state index is -0.192. The van der Waals surface area contributed by atoms with E-state index in [0.717, 1.165) is 16.1 Å². The van der Waals surface area contributed by atoms with Gasteiger partial charge in [-0.3, -0.25) is 4.79 Å². The number of thiazole rings is 1. The maximum atomic E-state index is 12.0. The summed E-state index contributed by atoms with van der Waals surface area (Å²) in [6.45, 7) is 6.49. The number of aromatic nitrogens is 1. The Morgan fingerprint density at radius 1 is 1.43 bits per heavy atom. The van der Waals surface area contributed by atoms with Crippen LogP contribution in [-0.2, 0) is 0 Å². The van der Waals surface area contributed by atoms with Gasteiger partial charge in [-0.15, -0.1) is 11.3 Å². The number of benzene rings is 1. The van der Waals surface area contributed by atoms with Gasteiger partial charge < -0.3 is 10.4 Å². The van der Waals surface area contributed by atoms with Gasteiger partial charge in [0.15, 0.2) is 0 Å². The summed E-state index contributed by atoms with van der Waals surface area (Å²) in [7, 11) is 0. The summed E-state index contributed by atoms with van der Waals surface area (Å²) in [6, 6.07) is 6.20. The number of aliphatic hydroxyl groups is 1. The van der Waals surface area contributed by atoms with E-state index in [1.807, 2.05) is 26.0 Å². The fourth-order valence-electron chi connectivity index (χ4n) is 1.98. The fourth-order valence-corrected chi connectivity index (χ4v) is 2.87. The van der Waals surface area contributed by atoms with Crippen molar-refractivity contribution < 1.29 is 9.90 Å². The van der Waals surface area contributed by atoms with Gasteiger partial charge in [-0.2, -0.15) is 0 Å². The average molecular weight is 304 g/mol. The van der Waals surface area contributed by atoms with Crippen molar-refractivity contribution in [3.8, 4) is 10.6 Å². The summed E-state index contributed by atoms with van der Waals surface area (Å²) in [5.41, 5.74) is 3.86. The van der Waals surface area contributed by atoms with E-state index in [-0.39, 0.29) is 18.4 Å². The van der Waals surface area contributed by atoms with Crippen LogP contribution in [0.25, 0.3) is 10.6 Å². The summed E-state index contributed by atoms with van der Waals surface area (Å²) in [5, 5.41) is 14.4. The molecule has 1 heterocycles. The van der Waals surface area contributed by atoms with Crippen molar-refractivity contribution in [1.29, 1.82) is 0 Å². The molecule has 0 aliphatic carbocycles. The zero-order chi connectivity index (χ0) is 15.4. The van der Waals surface area contributed by atoms with E-state index >= 15 is 0 Å². The number of aryl methyl sites for hydroxylation is 2. The normalized spacial score (nSPS) is 12.2. The van der Waals surface area contributed by atoms with Gasteiger partial charge in [0.2, 0.25) is 0 Å². The Bertz CT molecular complexity index is 637. The summed E-state index contributed by atoms with van der Waals surface area (Å²) in [5.74, 6) is -0.144. The van der Waals surface area contributed by atoms with E-state index in [1.54, 1.807) is 5.38 Å². The second kappa shape index (κ2) is 6.83. The predicted molar refractivity (Wildman–Crippen MR) is 85.6 cm³/mol. The average Bonchev–Trinajstić information content (AvgIpc) is 2.93. The maximum absolute atomic E-state index is 12.0. The molecule has 0 bridgehead atoms. The van der Waals surface area contributed by atoms with Gasteiger partial charge in [-0.05, 0) is 25.3 Å². The first kappa shape index (κ1) is 15.7. The number of aliphatic hydroxyl groups excluding tert-OH is 1. The van der Waals surface area contributed by atoms with Crippen LogP contribution in [0.3, 0.4) is 0 Å². The minimum absolute atomic E-state index is 0.0476.